The first kappa shape index (κ1) is 8.38. The van der Waals surface area contributed by atoms with Crippen molar-refractivity contribution in [3.63, 3.8) is 0 Å². The van der Waals surface area contributed by atoms with Crippen molar-refractivity contribution in [1.82, 2.24) is 4.98 Å². The van der Waals surface area contributed by atoms with E-state index >= 15 is 0 Å². The molecule has 1 aromatic carbocycles. The second-order valence-corrected chi connectivity index (χ2v) is 2.85. The monoisotopic (exact) mass is 197 g/mol. The van der Waals surface area contributed by atoms with E-state index in [1.165, 1.54) is 0 Å². The van der Waals surface area contributed by atoms with Crippen LogP contribution in [0.5, 0.6) is 5.75 Å². The number of hydrogen-bond acceptors (Lipinski definition) is 3. The molecule has 0 spiro atoms. The van der Waals surface area contributed by atoms with Crippen LogP contribution in [0.4, 0.5) is 0 Å². The Hall–Kier alpha value is -1.22. The lowest BCUT2D eigenvalue weighted by Gasteiger charge is -2.00. The van der Waals surface area contributed by atoms with Crippen LogP contribution in [-0.2, 0) is 0 Å². The number of oxazole rings is 1. The van der Waals surface area contributed by atoms with Gasteiger partial charge < -0.3 is 9.15 Å². The van der Waals surface area contributed by atoms with Crippen LogP contribution in [0.15, 0.2) is 22.6 Å². The molecule has 1 heterocycles. The van der Waals surface area contributed by atoms with Crippen LogP contribution in [-0.4, -0.2) is 11.6 Å². The van der Waals surface area contributed by atoms with Crippen molar-refractivity contribution in [2.45, 2.75) is 6.92 Å². The maximum absolute atomic E-state index is 5.59. The van der Waals surface area contributed by atoms with E-state index in [2.05, 4.69) is 4.98 Å². The maximum atomic E-state index is 5.59. The van der Waals surface area contributed by atoms with Gasteiger partial charge in [0.1, 0.15) is 11.3 Å². The Balaban J connectivity index is 2.48. The van der Waals surface area contributed by atoms with Crippen LogP contribution >= 0.6 is 11.6 Å². The molecule has 0 fully saturated rings. The van der Waals surface area contributed by atoms with Gasteiger partial charge in [0.25, 0.3) is 5.35 Å². The number of fused-ring (bicyclic) bond motifs is 1. The fourth-order valence-electron chi connectivity index (χ4n) is 1.14. The van der Waals surface area contributed by atoms with Crippen molar-refractivity contribution in [3.05, 3.63) is 23.5 Å². The van der Waals surface area contributed by atoms with Gasteiger partial charge in [-0.1, -0.05) is 0 Å². The number of nitrogens with zero attached hydrogens (tertiary/aromatic N) is 1. The molecule has 3 nitrogen and oxygen atoms in total. The summed E-state index contributed by atoms with van der Waals surface area (Å²) in [6.07, 6.45) is 0. The molecule has 0 unspecified atom stereocenters. The van der Waals surface area contributed by atoms with Crippen molar-refractivity contribution in [1.29, 1.82) is 0 Å². The fraction of sp³-hybridized carbons (Fsp3) is 0.222. The van der Waals surface area contributed by atoms with Crippen LogP contribution in [0.3, 0.4) is 0 Å². The summed E-state index contributed by atoms with van der Waals surface area (Å²) in [5.74, 6) is 0.778. The highest BCUT2D eigenvalue weighted by Gasteiger charge is 2.03. The number of benzene rings is 1. The van der Waals surface area contributed by atoms with Crippen LogP contribution < -0.4 is 4.74 Å². The van der Waals surface area contributed by atoms with Crippen molar-refractivity contribution < 1.29 is 9.15 Å². The Morgan fingerprint density at radius 1 is 1.54 bits per heavy atom. The quantitative estimate of drug-likeness (QED) is 0.743. The summed E-state index contributed by atoms with van der Waals surface area (Å²) in [4.78, 5) is 3.97. The van der Waals surface area contributed by atoms with E-state index in [1.807, 2.05) is 13.0 Å². The molecule has 0 radical (unpaired) electrons. The lowest BCUT2D eigenvalue weighted by molar-refractivity contribution is 0.340. The minimum Gasteiger partial charge on any atom is -0.494 e. The third-order valence-corrected chi connectivity index (χ3v) is 1.81. The maximum Gasteiger partial charge on any atom is 0.293 e. The zero-order valence-electron chi connectivity index (χ0n) is 7.08. The van der Waals surface area contributed by atoms with Gasteiger partial charge in [-0.2, -0.15) is 4.98 Å². The topological polar surface area (TPSA) is 35.3 Å². The van der Waals surface area contributed by atoms with Crippen LogP contribution in [0.2, 0.25) is 5.35 Å². The summed E-state index contributed by atoms with van der Waals surface area (Å²) in [5, 5.41) is 0.156. The molecule has 0 amide bonds. The molecule has 0 N–H and O–H groups in total. The molecule has 0 aliphatic rings. The smallest absolute Gasteiger partial charge is 0.293 e. The van der Waals surface area contributed by atoms with Gasteiger partial charge in [0, 0.05) is 6.07 Å². The van der Waals surface area contributed by atoms with Crippen LogP contribution in [0.25, 0.3) is 11.1 Å². The summed E-state index contributed by atoms with van der Waals surface area (Å²) in [6.45, 7) is 2.57. The van der Waals surface area contributed by atoms with E-state index in [0.29, 0.717) is 12.2 Å². The molecule has 0 bridgehead atoms. The highest BCUT2D eigenvalue weighted by atomic mass is 35.5. The zero-order chi connectivity index (χ0) is 9.26. The van der Waals surface area contributed by atoms with E-state index in [1.54, 1.807) is 12.1 Å². The lowest BCUT2D eigenvalue weighted by Crippen LogP contribution is -1.90. The molecule has 4 heteroatoms. The average Bonchev–Trinajstić information content (AvgIpc) is 2.44. The highest BCUT2D eigenvalue weighted by molar-refractivity contribution is 6.28. The molecule has 1 aromatic heterocycles. The molecule has 0 saturated heterocycles. The van der Waals surface area contributed by atoms with Crippen molar-refractivity contribution in [3.8, 4) is 5.75 Å². The van der Waals surface area contributed by atoms with E-state index in [-0.39, 0.29) is 5.35 Å². The van der Waals surface area contributed by atoms with Crippen LogP contribution in [0, 0.1) is 0 Å². The van der Waals surface area contributed by atoms with Gasteiger partial charge in [0.15, 0.2) is 5.58 Å². The molecule has 2 aromatic rings. The van der Waals surface area contributed by atoms with E-state index in [4.69, 9.17) is 20.8 Å². The van der Waals surface area contributed by atoms with Gasteiger partial charge >= 0.3 is 0 Å². The Morgan fingerprint density at radius 2 is 2.38 bits per heavy atom. The molecule has 0 aliphatic carbocycles. The van der Waals surface area contributed by atoms with Gasteiger partial charge in [-0.15, -0.1) is 0 Å². The fourth-order valence-corrected chi connectivity index (χ4v) is 1.31. The Bertz CT molecular complexity index is 424. The van der Waals surface area contributed by atoms with E-state index in [9.17, 15) is 0 Å². The summed E-state index contributed by atoms with van der Waals surface area (Å²) < 4.78 is 10.4. The normalized spacial score (nSPS) is 10.6. The summed E-state index contributed by atoms with van der Waals surface area (Å²) in [6, 6.07) is 5.42. The minimum atomic E-state index is 0.156. The third-order valence-electron chi connectivity index (χ3n) is 1.64. The first-order valence-corrected chi connectivity index (χ1v) is 4.36. The number of rotatable bonds is 2. The standard InChI is InChI=1S/C9H8ClNO2/c1-2-12-6-3-4-8-7(5-6)11-9(10)13-8/h3-5H,2H2,1H3. The molecule has 0 saturated carbocycles. The summed E-state index contributed by atoms with van der Waals surface area (Å²) in [5.41, 5.74) is 1.39. The van der Waals surface area contributed by atoms with Crippen molar-refractivity contribution in [2.24, 2.45) is 0 Å². The molecule has 13 heavy (non-hydrogen) atoms. The molecule has 68 valence electrons. The highest BCUT2D eigenvalue weighted by Crippen LogP contribution is 2.23. The number of aromatic nitrogens is 1. The van der Waals surface area contributed by atoms with E-state index in [0.717, 1.165) is 11.3 Å². The average molecular weight is 198 g/mol. The van der Waals surface area contributed by atoms with Crippen LogP contribution in [0.1, 0.15) is 6.92 Å². The Morgan fingerprint density at radius 3 is 3.15 bits per heavy atom. The first-order chi connectivity index (χ1) is 6.29. The van der Waals surface area contributed by atoms with Crippen molar-refractivity contribution in [2.75, 3.05) is 6.61 Å². The predicted octanol–water partition coefficient (Wildman–Crippen LogP) is 2.88. The largest absolute Gasteiger partial charge is 0.494 e. The molecular formula is C9H8ClNO2. The number of hydrogen-bond donors (Lipinski definition) is 0. The Labute approximate surface area is 80.3 Å². The SMILES string of the molecule is CCOc1ccc2oc(Cl)nc2c1. The summed E-state index contributed by atoms with van der Waals surface area (Å²) in [7, 11) is 0. The minimum absolute atomic E-state index is 0.156. The molecule has 0 atom stereocenters. The predicted molar refractivity (Wildman–Crippen MR) is 50.2 cm³/mol. The zero-order valence-corrected chi connectivity index (χ0v) is 7.84. The number of ether oxygens (including phenoxy) is 1. The second-order valence-electron chi connectivity index (χ2n) is 2.53. The Kier molecular flexibility index (Phi) is 2.10. The van der Waals surface area contributed by atoms with Crippen molar-refractivity contribution >= 4 is 22.7 Å². The number of halogens is 1. The van der Waals surface area contributed by atoms with Gasteiger partial charge in [-0.25, -0.2) is 0 Å². The van der Waals surface area contributed by atoms with Gasteiger partial charge in [0.2, 0.25) is 0 Å². The second kappa shape index (κ2) is 3.26. The summed E-state index contributed by atoms with van der Waals surface area (Å²) >= 11 is 5.59. The molecule has 2 rings (SSSR count). The molecule has 0 aliphatic heterocycles. The first-order valence-electron chi connectivity index (χ1n) is 3.98. The van der Waals surface area contributed by atoms with Gasteiger partial charge in [-0.3, -0.25) is 0 Å². The van der Waals surface area contributed by atoms with Gasteiger partial charge in [0.05, 0.1) is 6.61 Å². The molecular weight excluding hydrogens is 190 g/mol. The lowest BCUT2D eigenvalue weighted by atomic mass is 10.3. The van der Waals surface area contributed by atoms with Gasteiger partial charge in [-0.05, 0) is 30.7 Å². The van der Waals surface area contributed by atoms with E-state index < -0.39 is 0 Å². The third kappa shape index (κ3) is 1.60.